The quantitative estimate of drug-likeness (QED) is 0.918. The van der Waals surface area contributed by atoms with E-state index in [4.69, 9.17) is 9.84 Å². The Balaban J connectivity index is 1.64. The molecule has 2 aromatic carbocycles. The topological polar surface area (TPSA) is 66.8 Å². The Kier molecular flexibility index (Phi) is 4.79. The van der Waals surface area contributed by atoms with Crippen molar-refractivity contribution in [3.05, 3.63) is 65.7 Å². The highest BCUT2D eigenvalue weighted by Crippen LogP contribution is 2.21. The van der Waals surface area contributed by atoms with Crippen molar-refractivity contribution in [1.29, 1.82) is 0 Å². The second-order valence-electron chi connectivity index (χ2n) is 5.88. The third-order valence-corrected chi connectivity index (χ3v) is 4.15. The molecule has 124 valence electrons. The van der Waals surface area contributed by atoms with Crippen LogP contribution in [0.3, 0.4) is 0 Å². The van der Waals surface area contributed by atoms with Crippen LogP contribution in [0.15, 0.2) is 54.6 Å². The van der Waals surface area contributed by atoms with Crippen LogP contribution in [-0.4, -0.2) is 35.0 Å². The number of nitrogens with zero attached hydrogens (tertiary/aromatic N) is 1. The molecule has 24 heavy (non-hydrogen) atoms. The zero-order chi connectivity index (χ0) is 16.9. The van der Waals surface area contributed by atoms with Crippen LogP contribution < -0.4 is 4.74 Å². The van der Waals surface area contributed by atoms with Crippen LogP contribution in [0.4, 0.5) is 0 Å². The molecule has 0 radical (unpaired) electrons. The molecule has 1 saturated heterocycles. The SMILES string of the molecule is O=C(O)C1CCN(C(=O)c2cccc(OCc3ccccc3)c2)C1. The van der Waals surface area contributed by atoms with Gasteiger partial charge < -0.3 is 14.7 Å². The molecule has 0 aliphatic carbocycles. The van der Waals surface area contributed by atoms with Crippen molar-refractivity contribution >= 4 is 11.9 Å². The molecule has 1 unspecified atom stereocenters. The molecular formula is C19H19NO4. The van der Waals surface area contributed by atoms with Gasteiger partial charge in [-0.1, -0.05) is 36.4 Å². The minimum Gasteiger partial charge on any atom is -0.489 e. The maximum atomic E-state index is 12.5. The number of ether oxygens (including phenoxy) is 1. The van der Waals surface area contributed by atoms with E-state index in [0.717, 1.165) is 5.56 Å². The number of carbonyl (C=O) groups excluding carboxylic acids is 1. The number of aliphatic carboxylic acids is 1. The molecule has 0 saturated carbocycles. The van der Waals surface area contributed by atoms with Gasteiger partial charge in [-0.2, -0.15) is 0 Å². The van der Waals surface area contributed by atoms with Crippen molar-refractivity contribution < 1.29 is 19.4 Å². The maximum absolute atomic E-state index is 12.5. The smallest absolute Gasteiger partial charge is 0.308 e. The molecule has 5 nitrogen and oxygen atoms in total. The summed E-state index contributed by atoms with van der Waals surface area (Å²) in [7, 11) is 0. The molecule has 1 amide bonds. The average molecular weight is 325 g/mol. The highest BCUT2D eigenvalue weighted by molar-refractivity contribution is 5.95. The minimum atomic E-state index is -0.842. The van der Waals surface area contributed by atoms with Gasteiger partial charge in [0.1, 0.15) is 12.4 Å². The van der Waals surface area contributed by atoms with E-state index in [2.05, 4.69) is 0 Å². The van der Waals surface area contributed by atoms with Crippen molar-refractivity contribution in [2.45, 2.75) is 13.0 Å². The molecule has 1 heterocycles. The number of hydrogen-bond donors (Lipinski definition) is 1. The van der Waals surface area contributed by atoms with Crippen LogP contribution >= 0.6 is 0 Å². The van der Waals surface area contributed by atoms with Crippen molar-refractivity contribution in [3.8, 4) is 5.75 Å². The highest BCUT2D eigenvalue weighted by atomic mass is 16.5. The summed E-state index contributed by atoms with van der Waals surface area (Å²) < 4.78 is 5.74. The normalized spacial score (nSPS) is 16.8. The van der Waals surface area contributed by atoms with E-state index >= 15 is 0 Å². The fourth-order valence-corrected chi connectivity index (χ4v) is 2.79. The van der Waals surface area contributed by atoms with E-state index in [1.54, 1.807) is 23.1 Å². The summed E-state index contributed by atoms with van der Waals surface area (Å²) in [5, 5.41) is 9.05. The first kappa shape index (κ1) is 16.1. The third kappa shape index (κ3) is 3.74. The molecule has 2 aromatic rings. The Labute approximate surface area is 140 Å². The van der Waals surface area contributed by atoms with Gasteiger partial charge in [0.2, 0.25) is 0 Å². The van der Waals surface area contributed by atoms with E-state index in [0.29, 0.717) is 30.9 Å². The van der Waals surface area contributed by atoms with Gasteiger partial charge in [-0.25, -0.2) is 0 Å². The number of amides is 1. The minimum absolute atomic E-state index is 0.149. The van der Waals surface area contributed by atoms with Crippen LogP contribution in [0, 0.1) is 5.92 Å². The summed E-state index contributed by atoms with van der Waals surface area (Å²) >= 11 is 0. The van der Waals surface area contributed by atoms with Gasteiger partial charge in [0.25, 0.3) is 5.91 Å². The molecule has 5 heteroatoms. The fraction of sp³-hybridized carbons (Fsp3) is 0.263. The Morgan fingerprint density at radius 2 is 1.92 bits per heavy atom. The maximum Gasteiger partial charge on any atom is 0.308 e. The van der Waals surface area contributed by atoms with Crippen molar-refractivity contribution in [2.24, 2.45) is 5.92 Å². The lowest BCUT2D eigenvalue weighted by molar-refractivity contribution is -0.141. The molecular weight excluding hydrogens is 306 g/mol. The second-order valence-corrected chi connectivity index (χ2v) is 5.88. The summed E-state index contributed by atoms with van der Waals surface area (Å²) in [6.45, 7) is 1.18. The molecule has 1 N–H and O–H groups in total. The number of rotatable bonds is 5. The van der Waals surface area contributed by atoms with E-state index in [1.807, 2.05) is 36.4 Å². The van der Waals surface area contributed by atoms with Gasteiger partial charge in [-0.3, -0.25) is 9.59 Å². The zero-order valence-electron chi connectivity index (χ0n) is 13.2. The lowest BCUT2D eigenvalue weighted by Gasteiger charge is -2.16. The van der Waals surface area contributed by atoms with E-state index in [1.165, 1.54) is 0 Å². The number of likely N-dealkylation sites (tertiary alicyclic amines) is 1. The number of carbonyl (C=O) groups is 2. The van der Waals surface area contributed by atoms with Crippen molar-refractivity contribution in [2.75, 3.05) is 13.1 Å². The number of carboxylic acid groups (broad SMARTS) is 1. The number of benzene rings is 2. The standard InChI is InChI=1S/C19H19NO4/c21-18(20-10-9-16(12-20)19(22)23)15-7-4-8-17(11-15)24-13-14-5-2-1-3-6-14/h1-8,11,16H,9-10,12-13H2,(H,22,23). The van der Waals surface area contributed by atoms with Crippen LogP contribution in [0.2, 0.25) is 0 Å². The lowest BCUT2D eigenvalue weighted by atomic mass is 10.1. The van der Waals surface area contributed by atoms with Gasteiger partial charge >= 0.3 is 5.97 Å². The van der Waals surface area contributed by atoms with Gasteiger partial charge in [-0.15, -0.1) is 0 Å². The molecule has 1 fully saturated rings. The van der Waals surface area contributed by atoms with E-state index in [-0.39, 0.29) is 12.5 Å². The molecule has 3 rings (SSSR count). The largest absolute Gasteiger partial charge is 0.489 e. The van der Waals surface area contributed by atoms with Gasteiger partial charge in [0.15, 0.2) is 0 Å². The zero-order valence-corrected chi connectivity index (χ0v) is 13.2. The first-order valence-electron chi connectivity index (χ1n) is 7.92. The molecule has 0 bridgehead atoms. The summed E-state index contributed by atoms with van der Waals surface area (Å²) in [4.78, 5) is 25.1. The molecule has 0 aromatic heterocycles. The van der Waals surface area contributed by atoms with Crippen LogP contribution in [0.1, 0.15) is 22.3 Å². The van der Waals surface area contributed by atoms with Crippen molar-refractivity contribution in [3.63, 3.8) is 0 Å². The molecule has 1 atom stereocenters. The molecule has 1 aliphatic rings. The van der Waals surface area contributed by atoms with Gasteiger partial charge in [-0.05, 0) is 30.2 Å². The summed E-state index contributed by atoms with van der Waals surface area (Å²) in [6, 6.07) is 16.8. The lowest BCUT2D eigenvalue weighted by Crippen LogP contribution is -2.29. The van der Waals surface area contributed by atoms with E-state index < -0.39 is 11.9 Å². The van der Waals surface area contributed by atoms with E-state index in [9.17, 15) is 9.59 Å². The van der Waals surface area contributed by atoms with Gasteiger partial charge in [0.05, 0.1) is 5.92 Å². The van der Waals surface area contributed by atoms with Gasteiger partial charge in [0, 0.05) is 18.7 Å². The van der Waals surface area contributed by atoms with Crippen LogP contribution in [0.25, 0.3) is 0 Å². The first-order valence-corrected chi connectivity index (χ1v) is 7.92. The molecule has 0 spiro atoms. The first-order chi connectivity index (χ1) is 11.6. The average Bonchev–Trinajstić information content (AvgIpc) is 3.11. The predicted octanol–water partition coefficient (Wildman–Crippen LogP) is 2.81. The van der Waals surface area contributed by atoms with Crippen LogP contribution in [-0.2, 0) is 11.4 Å². The highest BCUT2D eigenvalue weighted by Gasteiger charge is 2.31. The predicted molar refractivity (Wildman–Crippen MR) is 88.9 cm³/mol. The number of carboxylic acids is 1. The third-order valence-electron chi connectivity index (χ3n) is 4.15. The Bertz CT molecular complexity index is 729. The second kappa shape index (κ2) is 7.17. The molecule has 1 aliphatic heterocycles. The monoisotopic (exact) mass is 325 g/mol. The number of hydrogen-bond acceptors (Lipinski definition) is 3. The summed E-state index contributed by atoms with van der Waals surface area (Å²) in [5.74, 6) is -0.834. The Hall–Kier alpha value is -2.82. The van der Waals surface area contributed by atoms with Crippen LogP contribution in [0.5, 0.6) is 5.75 Å². The Morgan fingerprint density at radius 1 is 1.12 bits per heavy atom. The summed E-state index contributed by atoms with van der Waals surface area (Å²) in [6.07, 6.45) is 0.505. The fourth-order valence-electron chi connectivity index (χ4n) is 2.79. The Morgan fingerprint density at radius 3 is 2.62 bits per heavy atom. The summed E-state index contributed by atoms with van der Waals surface area (Å²) in [5.41, 5.74) is 1.57. The van der Waals surface area contributed by atoms with Crippen molar-refractivity contribution in [1.82, 2.24) is 4.90 Å².